The van der Waals surface area contributed by atoms with Crippen molar-refractivity contribution in [3.63, 3.8) is 0 Å². The van der Waals surface area contributed by atoms with Gasteiger partial charge in [-0.3, -0.25) is 4.79 Å². The summed E-state index contributed by atoms with van der Waals surface area (Å²) in [6, 6.07) is 7.02. The molecule has 0 aromatic heterocycles. The van der Waals surface area contributed by atoms with Crippen molar-refractivity contribution in [2.75, 3.05) is 7.11 Å². The summed E-state index contributed by atoms with van der Waals surface area (Å²) in [4.78, 5) is 11.3. The van der Waals surface area contributed by atoms with E-state index in [2.05, 4.69) is 33.0 Å². The minimum atomic E-state index is -1.43. The van der Waals surface area contributed by atoms with Crippen LogP contribution in [0.4, 0.5) is 0 Å². The van der Waals surface area contributed by atoms with Crippen LogP contribution in [0.15, 0.2) is 47.1 Å². The second kappa shape index (κ2) is 5.82. The fourth-order valence-corrected chi connectivity index (χ4v) is 1.70. The average Bonchev–Trinajstić information content (AvgIpc) is 2.29. The van der Waals surface area contributed by atoms with Crippen LogP contribution < -0.4 is 0 Å². The van der Waals surface area contributed by atoms with Gasteiger partial charge in [0.05, 0.1) is 13.5 Å². The van der Waals surface area contributed by atoms with E-state index in [1.165, 1.54) is 13.2 Å². The van der Waals surface area contributed by atoms with Gasteiger partial charge < -0.3 is 9.84 Å². The Hall–Kier alpha value is -1.35. The molecule has 1 aromatic rings. The molecule has 0 aliphatic rings. The van der Waals surface area contributed by atoms with E-state index in [0.717, 1.165) is 4.47 Å². The van der Waals surface area contributed by atoms with Gasteiger partial charge in [0.15, 0.2) is 0 Å². The fraction of sp³-hybridized carbons (Fsp3) is 0.231. The van der Waals surface area contributed by atoms with Gasteiger partial charge >= 0.3 is 5.97 Å². The molecule has 1 N–H and O–H groups in total. The van der Waals surface area contributed by atoms with Crippen LogP contribution >= 0.6 is 15.9 Å². The molecule has 0 bridgehead atoms. The first-order valence-corrected chi connectivity index (χ1v) is 5.73. The predicted octanol–water partition coefficient (Wildman–Crippen LogP) is 2.54. The van der Waals surface area contributed by atoms with Gasteiger partial charge in [-0.15, -0.1) is 5.73 Å². The Morgan fingerprint density at radius 1 is 1.59 bits per heavy atom. The lowest BCUT2D eigenvalue weighted by Crippen LogP contribution is -2.27. The first kappa shape index (κ1) is 13.7. The minimum Gasteiger partial charge on any atom is -0.469 e. The largest absolute Gasteiger partial charge is 0.469 e. The zero-order chi connectivity index (χ0) is 12.9. The van der Waals surface area contributed by atoms with Crippen molar-refractivity contribution < 1.29 is 14.6 Å². The second-order valence-electron chi connectivity index (χ2n) is 3.53. The monoisotopic (exact) mass is 296 g/mol. The zero-order valence-electron chi connectivity index (χ0n) is 9.44. The van der Waals surface area contributed by atoms with Gasteiger partial charge in [-0.05, 0) is 23.8 Å². The summed E-state index contributed by atoms with van der Waals surface area (Å²) >= 11 is 3.30. The average molecular weight is 297 g/mol. The van der Waals surface area contributed by atoms with Crippen LogP contribution in [0.3, 0.4) is 0 Å². The number of ether oxygens (including phenoxy) is 1. The van der Waals surface area contributed by atoms with Crippen LogP contribution in [0.2, 0.25) is 0 Å². The minimum absolute atomic E-state index is 0.173. The fourth-order valence-electron chi connectivity index (χ4n) is 1.44. The number of hydrogen-bond acceptors (Lipinski definition) is 3. The standard InChI is InChI=1S/C13H13BrO3/c1-3-8-13(16,9-12(15)17-2)10-4-6-11(14)7-5-10/h4-8,16H,1,9H2,2H3. The van der Waals surface area contributed by atoms with Crippen LogP contribution in [-0.4, -0.2) is 18.2 Å². The molecule has 0 fully saturated rings. The number of carbonyl (C=O) groups excluding carboxylic acids is 1. The summed E-state index contributed by atoms with van der Waals surface area (Å²) in [5, 5.41) is 10.4. The van der Waals surface area contributed by atoms with Gasteiger partial charge in [0.25, 0.3) is 0 Å². The normalized spacial score (nSPS) is 13.4. The molecular weight excluding hydrogens is 284 g/mol. The Balaban J connectivity index is 3.10. The Morgan fingerprint density at radius 3 is 2.65 bits per heavy atom. The van der Waals surface area contributed by atoms with E-state index in [1.807, 2.05) is 0 Å². The molecule has 1 aromatic carbocycles. The molecule has 0 amide bonds. The van der Waals surface area contributed by atoms with Gasteiger partial charge in [0, 0.05) is 4.47 Å². The van der Waals surface area contributed by atoms with Crippen LogP contribution in [0.5, 0.6) is 0 Å². The first-order valence-electron chi connectivity index (χ1n) is 4.94. The van der Waals surface area contributed by atoms with Crippen molar-refractivity contribution in [3.8, 4) is 0 Å². The number of aliphatic hydroxyl groups is 1. The summed E-state index contributed by atoms with van der Waals surface area (Å²) in [6.07, 6.45) is 1.18. The quantitative estimate of drug-likeness (QED) is 0.686. The maximum absolute atomic E-state index is 11.3. The second-order valence-corrected chi connectivity index (χ2v) is 4.45. The molecule has 1 unspecified atom stereocenters. The maximum atomic E-state index is 11.3. The Bertz CT molecular complexity index is 446. The number of methoxy groups -OCH3 is 1. The maximum Gasteiger partial charge on any atom is 0.309 e. The van der Waals surface area contributed by atoms with E-state index >= 15 is 0 Å². The highest BCUT2D eigenvalue weighted by molar-refractivity contribution is 9.10. The topological polar surface area (TPSA) is 46.5 Å². The van der Waals surface area contributed by atoms with E-state index in [4.69, 9.17) is 0 Å². The number of rotatable bonds is 4. The van der Waals surface area contributed by atoms with E-state index in [9.17, 15) is 9.90 Å². The lowest BCUT2D eigenvalue weighted by Gasteiger charge is -2.23. The third-order valence-electron chi connectivity index (χ3n) is 2.33. The molecule has 1 atom stereocenters. The molecule has 90 valence electrons. The van der Waals surface area contributed by atoms with Crippen molar-refractivity contribution >= 4 is 21.9 Å². The van der Waals surface area contributed by atoms with Gasteiger partial charge in [0.2, 0.25) is 0 Å². The number of halogens is 1. The summed E-state index contributed by atoms with van der Waals surface area (Å²) < 4.78 is 5.45. The van der Waals surface area contributed by atoms with Crippen molar-refractivity contribution in [3.05, 3.63) is 52.7 Å². The third kappa shape index (κ3) is 3.56. The van der Waals surface area contributed by atoms with E-state index in [-0.39, 0.29) is 6.42 Å². The number of hydrogen-bond donors (Lipinski definition) is 1. The van der Waals surface area contributed by atoms with Crippen LogP contribution in [0.25, 0.3) is 0 Å². The molecular formula is C13H13BrO3. The summed E-state index contributed by atoms with van der Waals surface area (Å²) in [5.41, 5.74) is 1.66. The van der Waals surface area contributed by atoms with Crippen LogP contribution in [0, 0.1) is 0 Å². The molecule has 0 saturated heterocycles. The molecule has 0 saturated carbocycles. The highest BCUT2D eigenvalue weighted by atomic mass is 79.9. The summed E-state index contributed by atoms with van der Waals surface area (Å²) in [6.45, 7) is 3.42. The lowest BCUT2D eigenvalue weighted by atomic mass is 9.90. The SMILES string of the molecule is C=C=CC(O)(CC(=O)OC)c1ccc(Br)cc1. The highest BCUT2D eigenvalue weighted by Gasteiger charge is 2.30. The first-order chi connectivity index (χ1) is 8.01. The third-order valence-corrected chi connectivity index (χ3v) is 2.86. The van der Waals surface area contributed by atoms with Crippen LogP contribution in [0.1, 0.15) is 12.0 Å². The highest BCUT2D eigenvalue weighted by Crippen LogP contribution is 2.28. The van der Waals surface area contributed by atoms with E-state index in [1.54, 1.807) is 24.3 Å². The molecule has 0 aliphatic heterocycles. The summed E-state index contributed by atoms with van der Waals surface area (Å²) in [5.74, 6) is -0.498. The Labute approximate surface area is 109 Å². The zero-order valence-corrected chi connectivity index (χ0v) is 11.0. The molecule has 1 rings (SSSR count). The Kier molecular flexibility index (Phi) is 4.70. The number of carbonyl (C=O) groups is 1. The van der Waals surface area contributed by atoms with Crippen molar-refractivity contribution in [1.82, 2.24) is 0 Å². The predicted molar refractivity (Wildman–Crippen MR) is 68.4 cm³/mol. The molecule has 0 spiro atoms. The molecule has 3 nitrogen and oxygen atoms in total. The molecule has 0 heterocycles. The van der Waals surface area contributed by atoms with E-state index in [0.29, 0.717) is 5.56 Å². The van der Waals surface area contributed by atoms with Gasteiger partial charge in [-0.25, -0.2) is 0 Å². The molecule has 17 heavy (non-hydrogen) atoms. The van der Waals surface area contributed by atoms with Gasteiger partial charge in [-0.1, -0.05) is 34.6 Å². The van der Waals surface area contributed by atoms with Crippen molar-refractivity contribution in [2.24, 2.45) is 0 Å². The van der Waals surface area contributed by atoms with Crippen molar-refractivity contribution in [1.29, 1.82) is 0 Å². The molecule has 0 aliphatic carbocycles. The number of benzene rings is 1. The lowest BCUT2D eigenvalue weighted by molar-refractivity contribution is -0.144. The smallest absolute Gasteiger partial charge is 0.309 e. The van der Waals surface area contributed by atoms with Gasteiger partial charge in [0.1, 0.15) is 5.60 Å². The van der Waals surface area contributed by atoms with E-state index < -0.39 is 11.6 Å². The molecule has 0 radical (unpaired) electrons. The molecule has 4 heteroatoms. The van der Waals surface area contributed by atoms with Crippen LogP contribution in [-0.2, 0) is 15.1 Å². The Morgan fingerprint density at radius 2 is 2.18 bits per heavy atom. The summed E-state index contributed by atoms with van der Waals surface area (Å²) in [7, 11) is 1.28. The van der Waals surface area contributed by atoms with Crippen molar-refractivity contribution in [2.45, 2.75) is 12.0 Å². The van der Waals surface area contributed by atoms with Gasteiger partial charge in [-0.2, -0.15) is 0 Å². The number of esters is 1.